The second kappa shape index (κ2) is 11.0. The molecule has 1 fully saturated rings. The Balaban J connectivity index is 2.08. The molecule has 2 aliphatic rings. The van der Waals surface area contributed by atoms with Crippen LogP contribution in [-0.4, -0.2) is 68.4 Å². The Morgan fingerprint density at radius 1 is 1.36 bits per heavy atom. The monoisotopic (exact) mass is 541 g/mol. The van der Waals surface area contributed by atoms with E-state index in [2.05, 4.69) is 27.4 Å². The first-order valence-electron chi connectivity index (χ1n) is 12.8. The zero-order chi connectivity index (χ0) is 29.3. The largest absolute Gasteiger partial charge is 0.443 e. The van der Waals surface area contributed by atoms with Crippen LogP contribution in [0.25, 0.3) is 0 Å². The summed E-state index contributed by atoms with van der Waals surface area (Å²) in [6.07, 6.45) is 3.76. The number of nitrogens with one attached hydrogen (secondary N) is 2. The van der Waals surface area contributed by atoms with Gasteiger partial charge in [0.1, 0.15) is 22.9 Å². The number of hydrazone groups is 1. The Morgan fingerprint density at radius 3 is 2.54 bits per heavy atom. The second-order valence-corrected chi connectivity index (χ2v) is 11.2. The number of hydrogen-bond acceptors (Lipinski definition) is 9. The predicted molar refractivity (Wildman–Crippen MR) is 150 cm³/mol. The van der Waals surface area contributed by atoms with Gasteiger partial charge in [0.25, 0.3) is 11.5 Å². The number of aliphatic hydroxyl groups is 1. The van der Waals surface area contributed by atoms with Crippen LogP contribution in [0, 0.1) is 0 Å². The van der Waals surface area contributed by atoms with Crippen LogP contribution in [0.4, 0.5) is 10.5 Å². The predicted octanol–water partition coefficient (Wildman–Crippen LogP) is 3.14. The molecule has 2 heterocycles. The molecule has 1 aliphatic heterocycles. The smallest absolute Gasteiger partial charge is 0.415 e. The molecule has 1 aromatic heterocycles. The third kappa shape index (κ3) is 6.56. The first-order valence-corrected chi connectivity index (χ1v) is 12.8. The number of aliphatic imine (C=N–C) groups is 1. The van der Waals surface area contributed by atoms with Gasteiger partial charge in [-0.25, -0.2) is 9.79 Å². The third-order valence-corrected chi connectivity index (χ3v) is 6.53. The number of pyridine rings is 1. The fourth-order valence-corrected chi connectivity index (χ4v) is 4.05. The van der Waals surface area contributed by atoms with Gasteiger partial charge in [0, 0.05) is 32.1 Å². The Labute approximate surface area is 228 Å². The highest BCUT2D eigenvalue weighted by Gasteiger charge is 2.42. The average molecular weight is 542 g/mol. The van der Waals surface area contributed by atoms with Crippen molar-refractivity contribution in [2.24, 2.45) is 10.1 Å². The van der Waals surface area contributed by atoms with E-state index in [0.29, 0.717) is 12.8 Å². The van der Waals surface area contributed by atoms with Gasteiger partial charge >= 0.3 is 6.09 Å². The lowest BCUT2D eigenvalue weighted by Gasteiger charge is -2.43. The van der Waals surface area contributed by atoms with Gasteiger partial charge in [-0.3, -0.25) is 14.5 Å². The minimum Gasteiger partial charge on any atom is -0.443 e. The quantitative estimate of drug-likeness (QED) is 0.371. The minimum absolute atomic E-state index is 0.0671. The summed E-state index contributed by atoms with van der Waals surface area (Å²) in [4.78, 5) is 45.0. The Morgan fingerprint density at radius 2 is 2.03 bits per heavy atom. The Hall–Kier alpha value is -3.93. The van der Waals surface area contributed by atoms with Gasteiger partial charge in [0.15, 0.2) is 5.82 Å². The molecule has 0 bridgehead atoms. The zero-order valence-corrected chi connectivity index (χ0v) is 23.9. The fourth-order valence-electron chi connectivity index (χ4n) is 4.05. The van der Waals surface area contributed by atoms with Gasteiger partial charge in [-0.1, -0.05) is 0 Å². The number of rotatable bonds is 6. The normalized spacial score (nSPS) is 22.3. The van der Waals surface area contributed by atoms with Crippen LogP contribution >= 0.6 is 0 Å². The van der Waals surface area contributed by atoms with Crippen molar-refractivity contribution in [2.75, 3.05) is 12.4 Å². The number of amides is 2. The number of amidine groups is 1. The van der Waals surface area contributed by atoms with Crippen LogP contribution < -0.4 is 16.2 Å². The maximum Gasteiger partial charge on any atom is 0.415 e. The van der Waals surface area contributed by atoms with Gasteiger partial charge in [-0.2, -0.15) is 10.1 Å². The van der Waals surface area contributed by atoms with E-state index in [-0.39, 0.29) is 40.3 Å². The molecule has 3 rings (SSSR count). The molecular weight excluding hydrogens is 502 g/mol. The van der Waals surface area contributed by atoms with Crippen molar-refractivity contribution in [1.82, 2.24) is 19.8 Å². The minimum atomic E-state index is -0.995. The molecule has 12 heteroatoms. The Bertz CT molecular complexity index is 1300. The van der Waals surface area contributed by atoms with Crippen molar-refractivity contribution in [3.63, 3.8) is 0 Å². The van der Waals surface area contributed by atoms with Gasteiger partial charge in [0.2, 0.25) is 0 Å². The van der Waals surface area contributed by atoms with E-state index in [1.54, 1.807) is 57.5 Å². The van der Waals surface area contributed by atoms with Gasteiger partial charge in [0.05, 0.1) is 17.2 Å². The summed E-state index contributed by atoms with van der Waals surface area (Å²) in [5.41, 5.74) is -1.59. The second-order valence-electron chi connectivity index (χ2n) is 11.2. The third-order valence-electron chi connectivity index (χ3n) is 6.53. The highest BCUT2D eigenvalue weighted by atomic mass is 16.6. The van der Waals surface area contributed by atoms with Gasteiger partial charge in [-0.05, 0) is 73.4 Å². The summed E-state index contributed by atoms with van der Waals surface area (Å²) in [5, 5.41) is 21.5. The number of anilines is 1. The lowest BCUT2D eigenvalue weighted by Crippen LogP contribution is -2.58. The number of nitrogens with zero attached hydrogens (tertiary/aromatic N) is 5. The molecule has 39 heavy (non-hydrogen) atoms. The fraction of sp³-hybridized carbons (Fsp3) is 0.519. The molecule has 12 nitrogen and oxygen atoms in total. The van der Waals surface area contributed by atoms with Crippen LogP contribution in [0.2, 0.25) is 0 Å². The van der Waals surface area contributed by atoms with Crippen molar-refractivity contribution < 1.29 is 19.4 Å². The molecule has 1 aromatic rings. The maximum absolute atomic E-state index is 13.2. The van der Waals surface area contributed by atoms with E-state index in [1.807, 2.05) is 13.8 Å². The van der Waals surface area contributed by atoms with Crippen LogP contribution in [0.1, 0.15) is 67.3 Å². The molecule has 0 spiro atoms. The number of hydrogen-bond donors (Lipinski definition) is 3. The molecule has 3 N–H and O–H groups in total. The van der Waals surface area contributed by atoms with E-state index in [4.69, 9.17) is 4.74 Å². The number of aromatic nitrogens is 1. The summed E-state index contributed by atoms with van der Waals surface area (Å²) in [6, 6.07) is 2.88. The van der Waals surface area contributed by atoms with Gasteiger partial charge in [-0.15, -0.1) is 0 Å². The molecule has 0 aromatic carbocycles. The Kier molecular flexibility index (Phi) is 8.39. The highest BCUT2D eigenvalue weighted by Crippen LogP contribution is 2.32. The molecular formula is C27H39N7O5. The SMILES string of the molecule is C=NN1C(N(C)C(=O)OC(C)(C)C)=CC(Nc2cccn(C(C)C)c2=O)=N/C1=C(/C)C(=O)NC1CC[C@@]1(C)O. The highest BCUT2D eigenvalue weighted by molar-refractivity contribution is 6.06. The molecule has 0 radical (unpaired) electrons. The summed E-state index contributed by atoms with van der Waals surface area (Å²) in [7, 11) is 1.49. The topological polar surface area (TPSA) is 141 Å². The summed E-state index contributed by atoms with van der Waals surface area (Å²) in [6.45, 7) is 15.9. The molecule has 2 amide bonds. The van der Waals surface area contributed by atoms with Crippen LogP contribution in [0.3, 0.4) is 0 Å². The maximum atomic E-state index is 13.2. The first-order chi connectivity index (χ1) is 18.1. The van der Waals surface area contributed by atoms with Crippen LogP contribution in [-0.2, 0) is 9.53 Å². The van der Waals surface area contributed by atoms with E-state index in [9.17, 15) is 19.5 Å². The first kappa shape index (κ1) is 29.6. The van der Waals surface area contributed by atoms with E-state index in [0.717, 1.165) is 0 Å². The summed E-state index contributed by atoms with van der Waals surface area (Å²) < 4.78 is 7.09. The van der Waals surface area contributed by atoms with Crippen molar-refractivity contribution in [1.29, 1.82) is 0 Å². The molecule has 1 aliphatic carbocycles. The van der Waals surface area contributed by atoms with E-state index in [1.165, 1.54) is 23.0 Å². The zero-order valence-electron chi connectivity index (χ0n) is 23.9. The standard InChI is InChI=1S/C27H39N7O5/c1-16(2)33-14-10-11-18(24(33)36)29-20-15-21(32(9)25(37)39-26(4,5)6)34(28-8)22(31-20)17(3)23(35)30-19-12-13-27(19,7)38/h10-11,14-16,19,38H,8,12-13H2,1-7,9H3,(H,29,31)(H,30,35)/b22-17+/t19?,27-/m1/s1. The van der Waals surface area contributed by atoms with Crippen molar-refractivity contribution in [3.05, 3.63) is 52.0 Å². The molecule has 2 atom stereocenters. The number of carbonyl (C=O) groups is 2. The number of carbonyl (C=O) groups excluding carboxylic acids is 2. The van der Waals surface area contributed by atoms with Crippen molar-refractivity contribution in [3.8, 4) is 0 Å². The molecule has 1 saturated carbocycles. The average Bonchev–Trinajstić information content (AvgIpc) is 2.85. The summed E-state index contributed by atoms with van der Waals surface area (Å²) in [5.74, 6) is -0.00174. The molecule has 212 valence electrons. The van der Waals surface area contributed by atoms with Gasteiger partial charge < -0.3 is 25.0 Å². The lowest BCUT2D eigenvalue weighted by atomic mass is 9.76. The van der Waals surface area contributed by atoms with E-state index >= 15 is 0 Å². The van der Waals surface area contributed by atoms with Crippen LogP contribution in [0.15, 0.2) is 56.5 Å². The number of ether oxygens (including phenoxy) is 1. The van der Waals surface area contributed by atoms with Crippen LogP contribution in [0.5, 0.6) is 0 Å². The molecule has 1 unspecified atom stereocenters. The van der Waals surface area contributed by atoms with Crippen molar-refractivity contribution >= 4 is 30.2 Å². The van der Waals surface area contributed by atoms with Crippen molar-refractivity contribution in [2.45, 2.75) is 84.6 Å². The van der Waals surface area contributed by atoms with E-state index < -0.39 is 29.2 Å². The molecule has 0 saturated heterocycles. The summed E-state index contributed by atoms with van der Waals surface area (Å²) >= 11 is 0. The lowest BCUT2D eigenvalue weighted by molar-refractivity contribution is -0.124.